The standard InChI is InChI=1S/C13H18FNO2/c1-7-6-9(14)12(17-3)11(16)10(7)13(4-5-13)8(2)15/h6,8,16H,4-5,15H2,1-3H3. The predicted molar refractivity (Wildman–Crippen MR) is 63.9 cm³/mol. The Labute approximate surface area is 100 Å². The monoisotopic (exact) mass is 239 g/mol. The van der Waals surface area contributed by atoms with Crippen LogP contribution in [0.4, 0.5) is 4.39 Å². The summed E-state index contributed by atoms with van der Waals surface area (Å²) in [6.07, 6.45) is 1.85. The molecule has 1 atom stereocenters. The van der Waals surface area contributed by atoms with Crippen LogP contribution in [0.25, 0.3) is 0 Å². The van der Waals surface area contributed by atoms with E-state index in [0.717, 1.165) is 24.0 Å². The van der Waals surface area contributed by atoms with E-state index in [9.17, 15) is 9.50 Å². The summed E-state index contributed by atoms with van der Waals surface area (Å²) in [4.78, 5) is 0. The van der Waals surface area contributed by atoms with Crippen LogP contribution in [0.1, 0.15) is 30.9 Å². The number of halogens is 1. The quantitative estimate of drug-likeness (QED) is 0.850. The summed E-state index contributed by atoms with van der Waals surface area (Å²) in [5.41, 5.74) is 7.25. The molecule has 1 aliphatic rings. The number of nitrogens with two attached hydrogens (primary N) is 1. The molecule has 0 spiro atoms. The minimum absolute atomic E-state index is 0.0673. The number of aromatic hydroxyl groups is 1. The maximum absolute atomic E-state index is 13.6. The van der Waals surface area contributed by atoms with Crippen LogP contribution in [0.5, 0.6) is 11.5 Å². The Morgan fingerprint density at radius 1 is 1.53 bits per heavy atom. The van der Waals surface area contributed by atoms with Crippen molar-refractivity contribution in [2.24, 2.45) is 5.73 Å². The fourth-order valence-corrected chi connectivity index (χ4v) is 2.63. The largest absolute Gasteiger partial charge is 0.504 e. The first-order valence-electron chi connectivity index (χ1n) is 5.76. The van der Waals surface area contributed by atoms with Gasteiger partial charge in [-0.25, -0.2) is 4.39 Å². The van der Waals surface area contributed by atoms with E-state index in [1.54, 1.807) is 6.92 Å². The average molecular weight is 239 g/mol. The molecule has 17 heavy (non-hydrogen) atoms. The van der Waals surface area contributed by atoms with Crippen molar-refractivity contribution in [3.63, 3.8) is 0 Å². The minimum atomic E-state index is -0.535. The summed E-state index contributed by atoms with van der Waals surface area (Å²) in [5, 5.41) is 10.2. The molecule has 0 aliphatic heterocycles. The Hall–Kier alpha value is -1.29. The molecule has 1 aromatic carbocycles. The zero-order chi connectivity index (χ0) is 12.8. The van der Waals surface area contributed by atoms with Crippen molar-refractivity contribution in [1.29, 1.82) is 0 Å². The van der Waals surface area contributed by atoms with Gasteiger partial charge in [0.15, 0.2) is 17.3 Å². The number of benzene rings is 1. The third-order valence-electron chi connectivity index (χ3n) is 3.77. The normalized spacial score (nSPS) is 18.9. The average Bonchev–Trinajstić information content (AvgIpc) is 2.98. The second-order valence-corrected chi connectivity index (χ2v) is 4.88. The van der Waals surface area contributed by atoms with Crippen molar-refractivity contribution in [2.45, 2.75) is 38.1 Å². The highest BCUT2D eigenvalue weighted by molar-refractivity contribution is 5.56. The zero-order valence-corrected chi connectivity index (χ0v) is 10.4. The lowest BCUT2D eigenvalue weighted by Crippen LogP contribution is -2.32. The van der Waals surface area contributed by atoms with E-state index in [1.807, 2.05) is 6.92 Å². The van der Waals surface area contributed by atoms with Crippen molar-refractivity contribution < 1.29 is 14.2 Å². The van der Waals surface area contributed by atoms with Gasteiger partial charge in [-0.2, -0.15) is 0 Å². The molecule has 94 valence electrons. The minimum Gasteiger partial charge on any atom is -0.504 e. The molecule has 4 heteroatoms. The van der Waals surface area contributed by atoms with Gasteiger partial charge in [-0.05, 0) is 38.3 Å². The van der Waals surface area contributed by atoms with Gasteiger partial charge in [-0.1, -0.05) is 0 Å². The van der Waals surface area contributed by atoms with Crippen molar-refractivity contribution in [3.05, 3.63) is 23.0 Å². The maximum Gasteiger partial charge on any atom is 0.196 e. The fraction of sp³-hybridized carbons (Fsp3) is 0.538. The van der Waals surface area contributed by atoms with E-state index in [1.165, 1.54) is 13.2 Å². The lowest BCUT2D eigenvalue weighted by molar-refractivity contribution is 0.343. The highest BCUT2D eigenvalue weighted by Crippen LogP contribution is 2.56. The van der Waals surface area contributed by atoms with Crippen molar-refractivity contribution in [2.75, 3.05) is 7.11 Å². The molecule has 1 fully saturated rings. The molecule has 2 rings (SSSR count). The molecular weight excluding hydrogens is 221 g/mol. The summed E-state index contributed by atoms with van der Waals surface area (Å²) < 4.78 is 18.5. The van der Waals surface area contributed by atoms with Gasteiger partial charge in [-0.15, -0.1) is 0 Å². The van der Waals surface area contributed by atoms with E-state index in [4.69, 9.17) is 10.5 Å². The van der Waals surface area contributed by atoms with Crippen LogP contribution in [-0.2, 0) is 5.41 Å². The van der Waals surface area contributed by atoms with E-state index >= 15 is 0 Å². The van der Waals surface area contributed by atoms with Gasteiger partial charge in [-0.3, -0.25) is 0 Å². The molecule has 1 aliphatic carbocycles. The number of ether oxygens (including phenoxy) is 1. The number of phenols is 1. The summed E-state index contributed by atoms with van der Waals surface area (Å²) >= 11 is 0. The molecule has 0 heterocycles. The van der Waals surface area contributed by atoms with Crippen LogP contribution < -0.4 is 10.5 Å². The molecule has 0 saturated heterocycles. The van der Waals surface area contributed by atoms with Crippen molar-refractivity contribution in [1.82, 2.24) is 0 Å². The topological polar surface area (TPSA) is 55.5 Å². The Kier molecular flexibility index (Phi) is 2.78. The predicted octanol–water partition coefficient (Wildman–Crippen LogP) is 2.23. The molecule has 0 radical (unpaired) electrons. The van der Waals surface area contributed by atoms with Crippen LogP contribution in [0.3, 0.4) is 0 Å². The van der Waals surface area contributed by atoms with Gasteiger partial charge in [0.05, 0.1) is 7.11 Å². The van der Waals surface area contributed by atoms with Gasteiger partial charge in [0.2, 0.25) is 0 Å². The summed E-state index contributed by atoms with van der Waals surface area (Å²) in [5.74, 6) is -0.718. The van der Waals surface area contributed by atoms with Gasteiger partial charge >= 0.3 is 0 Å². The third-order valence-corrected chi connectivity index (χ3v) is 3.77. The van der Waals surface area contributed by atoms with Crippen LogP contribution in [0.15, 0.2) is 6.07 Å². The Balaban J connectivity index is 2.62. The maximum atomic E-state index is 13.6. The first-order valence-corrected chi connectivity index (χ1v) is 5.76. The van der Waals surface area contributed by atoms with Gasteiger partial charge < -0.3 is 15.6 Å². The number of phenolic OH excluding ortho intramolecular Hbond substituents is 1. The molecule has 3 N–H and O–H groups in total. The van der Waals surface area contributed by atoms with Gasteiger partial charge in [0.25, 0.3) is 0 Å². The first kappa shape index (κ1) is 12.2. The molecular formula is C13H18FNO2. The van der Waals surface area contributed by atoms with Crippen LogP contribution >= 0.6 is 0 Å². The summed E-state index contributed by atoms with van der Waals surface area (Å²) in [7, 11) is 1.35. The van der Waals surface area contributed by atoms with Crippen LogP contribution in [0, 0.1) is 12.7 Å². The Morgan fingerprint density at radius 2 is 2.12 bits per heavy atom. The van der Waals surface area contributed by atoms with Crippen LogP contribution in [0.2, 0.25) is 0 Å². The highest BCUT2D eigenvalue weighted by Gasteiger charge is 2.50. The molecule has 0 amide bonds. The highest BCUT2D eigenvalue weighted by atomic mass is 19.1. The van der Waals surface area contributed by atoms with E-state index < -0.39 is 5.82 Å². The van der Waals surface area contributed by atoms with E-state index in [0.29, 0.717) is 0 Å². The second-order valence-electron chi connectivity index (χ2n) is 4.88. The van der Waals surface area contributed by atoms with E-state index in [2.05, 4.69) is 0 Å². The third kappa shape index (κ3) is 1.67. The summed E-state index contributed by atoms with van der Waals surface area (Å²) in [6, 6.07) is 1.33. The summed E-state index contributed by atoms with van der Waals surface area (Å²) in [6.45, 7) is 3.71. The fourth-order valence-electron chi connectivity index (χ4n) is 2.63. The zero-order valence-electron chi connectivity index (χ0n) is 10.4. The number of methoxy groups -OCH3 is 1. The first-order chi connectivity index (χ1) is 7.94. The second kappa shape index (κ2) is 3.88. The smallest absolute Gasteiger partial charge is 0.196 e. The number of rotatable bonds is 3. The number of hydrogen-bond donors (Lipinski definition) is 2. The lowest BCUT2D eigenvalue weighted by atomic mass is 9.85. The van der Waals surface area contributed by atoms with Gasteiger partial charge in [0, 0.05) is 17.0 Å². The van der Waals surface area contributed by atoms with Crippen LogP contribution in [-0.4, -0.2) is 18.3 Å². The Bertz CT molecular complexity index is 453. The molecule has 1 aromatic rings. The molecule has 1 saturated carbocycles. The van der Waals surface area contributed by atoms with Gasteiger partial charge in [0.1, 0.15) is 0 Å². The number of aryl methyl sites for hydroxylation is 1. The number of hydrogen-bond acceptors (Lipinski definition) is 3. The SMILES string of the molecule is COc1c(F)cc(C)c(C2(C(C)N)CC2)c1O. The molecule has 3 nitrogen and oxygen atoms in total. The molecule has 1 unspecified atom stereocenters. The van der Waals surface area contributed by atoms with E-state index in [-0.39, 0.29) is 23.0 Å². The lowest BCUT2D eigenvalue weighted by Gasteiger charge is -2.24. The van der Waals surface area contributed by atoms with Crippen molar-refractivity contribution >= 4 is 0 Å². The Morgan fingerprint density at radius 3 is 2.53 bits per heavy atom. The van der Waals surface area contributed by atoms with Crippen molar-refractivity contribution in [3.8, 4) is 11.5 Å². The molecule has 0 aromatic heterocycles. The molecule has 0 bridgehead atoms.